The van der Waals surface area contributed by atoms with E-state index in [1.807, 2.05) is 32.0 Å². The highest BCUT2D eigenvalue weighted by molar-refractivity contribution is 5.67. The van der Waals surface area contributed by atoms with Gasteiger partial charge in [0.05, 0.1) is 17.5 Å². The molecule has 12 heavy (non-hydrogen) atoms. The zero-order chi connectivity index (χ0) is 9.14. The molecular weight excluding hydrogens is 150 g/mol. The molecule has 0 amide bonds. The average Bonchev–Trinajstić information content (AvgIpc) is 1.94. The molecule has 0 fully saturated rings. The molecular formula is C9H15N3. The van der Waals surface area contributed by atoms with E-state index in [2.05, 4.69) is 5.32 Å². The van der Waals surface area contributed by atoms with Gasteiger partial charge >= 0.3 is 0 Å². The Morgan fingerprint density at radius 3 is 2.58 bits per heavy atom. The molecule has 0 aliphatic heterocycles. The first-order chi connectivity index (χ1) is 5.59. The lowest BCUT2D eigenvalue weighted by molar-refractivity contribution is 0.852. The van der Waals surface area contributed by atoms with Crippen LogP contribution in [0.5, 0.6) is 0 Å². The maximum Gasteiger partial charge on any atom is 0.0714 e. The zero-order valence-corrected chi connectivity index (χ0v) is 7.46. The standard InChI is InChI=1S/C9H15N3/c1-6-3-4-9(8(11)5-6)12-7(2)10/h3-5,7,12H,10-11H2,1-2H3. The molecule has 5 N–H and O–H groups in total. The van der Waals surface area contributed by atoms with Crippen LogP contribution in [-0.4, -0.2) is 6.17 Å². The third-order valence-corrected chi connectivity index (χ3v) is 1.59. The summed E-state index contributed by atoms with van der Waals surface area (Å²) in [4.78, 5) is 0. The van der Waals surface area contributed by atoms with Crippen molar-refractivity contribution in [3.05, 3.63) is 23.8 Å². The molecule has 1 rings (SSSR count). The molecule has 1 unspecified atom stereocenters. The maximum absolute atomic E-state index is 5.75. The Kier molecular flexibility index (Phi) is 2.55. The Bertz CT molecular complexity index is 268. The Balaban J connectivity index is 2.86. The summed E-state index contributed by atoms with van der Waals surface area (Å²) in [5.41, 5.74) is 14.1. The summed E-state index contributed by atoms with van der Waals surface area (Å²) in [7, 11) is 0. The quantitative estimate of drug-likeness (QED) is 0.457. The summed E-state index contributed by atoms with van der Waals surface area (Å²) in [6.45, 7) is 3.88. The monoisotopic (exact) mass is 165 g/mol. The molecule has 0 spiro atoms. The normalized spacial score (nSPS) is 12.6. The number of hydrogen-bond donors (Lipinski definition) is 3. The average molecular weight is 165 g/mol. The predicted octanol–water partition coefficient (Wildman–Crippen LogP) is 1.29. The van der Waals surface area contributed by atoms with Gasteiger partial charge in [-0.05, 0) is 31.5 Å². The number of nitrogens with one attached hydrogen (secondary N) is 1. The van der Waals surface area contributed by atoms with Crippen LogP contribution in [0.2, 0.25) is 0 Å². The minimum absolute atomic E-state index is 0.0741. The maximum atomic E-state index is 5.75. The second-order valence-electron chi connectivity index (χ2n) is 3.02. The van der Waals surface area contributed by atoms with Gasteiger partial charge in [0.15, 0.2) is 0 Å². The van der Waals surface area contributed by atoms with E-state index < -0.39 is 0 Å². The fraction of sp³-hybridized carbons (Fsp3) is 0.333. The van der Waals surface area contributed by atoms with Crippen LogP contribution >= 0.6 is 0 Å². The Hall–Kier alpha value is -1.22. The summed E-state index contributed by atoms with van der Waals surface area (Å²) in [6.07, 6.45) is -0.0741. The minimum Gasteiger partial charge on any atom is -0.397 e. The first-order valence-electron chi connectivity index (χ1n) is 3.98. The van der Waals surface area contributed by atoms with Crippen LogP contribution in [-0.2, 0) is 0 Å². The van der Waals surface area contributed by atoms with Gasteiger partial charge in [-0.25, -0.2) is 0 Å². The van der Waals surface area contributed by atoms with Gasteiger partial charge in [-0.2, -0.15) is 0 Å². The smallest absolute Gasteiger partial charge is 0.0714 e. The SMILES string of the molecule is Cc1ccc(NC(C)N)c(N)c1. The van der Waals surface area contributed by atoms with Gasteiger partial charge in [0.25, 0.3) is 0 Å². The lowest BCUT2D eigenvalue weighted by Gasteiger charge is -2.12. The van der Waals surface area contributed by atoms with Crippen molar-refractivity contribution in [1.29, 1.82) is 0 Å². The second-order valence-corrected chi connectivity index (χ2v) is 3.02. The van der Waals surface area contributed by atoms with Gasteiger partial charge < -0.3 is 16.8 Å². The lowest BCUT2D eigenvalue weighted by Crippen LogP contribution is -2.25. The number of benzene rings is 1. The van der Waals surface area contributed by atoms with Gasteiger partial charge in [-0.1, -0.05) is 6.07 Å². The number of anilines is 2. The fourth-order valence-electron chi connectivity index (χ4n) is 1.06. The Morgan fingerprint density at radius 1 is 1.42 bits per heavy atom. The third kappa shape index (κ3) is 2.13. The molecule has 3 nitrogen and oxygen atoms in total. The van der Waals surface area contributed by atoms with Gasteiger partial charge in [-0.3, -0.25) is 0 Å². The molecule has 1 atom stereocenters. The molecule has 1 aromatic carbocycles. The van der Waals surface area contributed by atoms with E-state index in [-0.39, 0.29) is 6.17 Å². The van der Waals surface area contributed by atoms with Gasteiger partial charge in [0, 0.05) is 0 Å². The third-order valence-electron chi connectivity index (χ3n) is 1.59. The van der Waals surface area contributed by atoms with Crippen LogP contribution in [0.3, 0.4) is 0 Å². The highest BCUT2D eigenvalue weighted by atomic mass is 15.0. The molecule has 66 valence electrons. The molecule has 0 saturated heterocycles. The van der Waals surface area contributed by atoms with E-state index in [1.54, 1.807) is 0 Å². The molecule has 1 aromatic rings. The summed E-state index contributed by atoms with van der Waals surface area (Å²) >= 11 is 0. The molecule has 0 aliphatic carbocycles. The van der Waals surface area contributed by atoms with Gasteiger partial charge in [0.1, 0.15) is 0 Å². The number of rotatable bonds is 2. The number of nitrogen functional groups attached to an aromatic ring is 1. The first-order valence-corrected chi connectivity index (χ1v) is 3.98. The van der Waals surface area contributed by atoms with Crippen LogP contribution in [0, 0.1) is 6.92 Å². The van der Waals surface area contributed by atoms with E-state index in [9.17, 15) is 0 Å². The van der Waals surface area contributed by atoms with E-state index >= 15 is 0 Å². The van der Waals surface area contributed by atoms with Crippen LogP contribution in [0.25, 0.3) is 0 Å². The molecule has 0 bridgehead atoms. The molecule has 0 aromatic heterocycles. The Morgan fingerprint density at radius 2 is 2.08 bits per heavy atom. The van der Waals surface area contributed by atoms with Crippen LogP contribution in [0.4, 0.5) is 11.4 Å². The van der Waals surface area contributed by atoms with Crippen molar-refractivity contribution in [2.75, 3.05) is 11.1 Å². The summed E-state index contributed by atoms with van der Waals surface area (Å²) < 4.78 is 0. The molecule has 0 saturated carbocycles. The van der Waals surface area contributed by atoms with Crippen molar-refractivity contribution in [3.8, 4) is 0 Å². The van der Waals surface area contributed by atoms with E-state index in [0.717, 1.165) is 16.9 Å². The molecule has 3 heteroatoms. The zero-order valence-electron chi connectivity index (χ0n) is 7.46. The lowest BCUT2D eigenvalue weighted by atomic mass is 10.2. The second kappa shape index (κ2) is 3.45. The van der Waals surface area contributed by atoms with Crippen molar-refractivity contribution in [1.82, 2.24) is 0 Å². The number of aryl methyl sites for hydroxylation is 1. The van der Waals surface area contributed by atoms with Crippen molar-refractivity contribution >= 4 is 11.4 Å². The first kappa shape index (κ1) is 8.87. The van der Waals surface area contributed by atoms with Crippen molar-refractivity contribution in [2.24, 2.45) is 5.73 Å². The minimum atomic E-state index is -0.0741. The number of hydrogen-bond acceptors (Lipinski definition) is 3. The predicted molar refractivity (Wildman–Crippen MR) is 52.9 cm³/mol. The van der Waals surface area contributed by atoms with E-state index in [0.29, 0.717) is 0 Å². The topological polar surface area (TPSA) is 64.1 Å². The van der Waals surface area contributed by atoms with Crippen molar-refractivity contribution in [2.45, 2.75) is 20.0 Å². The van der Waals surface area contributed by atoms with Crippen molar-refractivity contribution < 1.29 is 0 Å². The summed E-state index contributed by atoms with van der Waals surface area (Å²) in [5, 5.41) is 3.05. The van der Waals surface area contributed by atoms with E-state index in [4.69, 9.17) is 11.5 Å². The molecule has 0 aliphatic rings. The van der Waals surface area contributed by atoms with Crippen molar-refractivity contribution in [3.63, 3.8) is 0 Å². The highest BCUT2D eigenvalue weighted by Crippen LogP contribution is 2.19. The van der Waals surface area contributed by atoms with Crippen LogP contribution < -0.4 is 16.8 Å². The fourth-order valence-corrected chi connectivity index (χ4v) is 1.06. The van der Waals surface area contributed by atoms with Crippen LogP contribution in [0.15, 0.2) is 18.2 Å². The van der Waals surface area contributed by atoms with Crippen LogP contribution in [0.1, 0.15) is 12.5 Å². The Labute approximate surface area is 72.8 Å². The molecule has 0 heterocycles. The summed E-state index contributed by atoms with van der Waals surface area (Å²) in [6, 6.07) is 5.86. The highest BCUT2D eigenvalue weighted by Gasteiger charge is 1.99. The van der Waals surface area contributed by atoms with Gasteiger partial charge in [0.2, 0.25) is 0 Å². The van der Waals surface area contributed by atoms with Gasteiger partial charge in [-0.15, -0.1) is 0 Å². The number of nitrogens with two attached hydrogens (primary N) is 2. The van der Waals surface area contributed by atoms with E-state index in [1.165, 1.54) is 0 Å². The summed E-state index contributed by atoms with van der Waals surface area (Å²) in [5.74, 6) is 0. The largest absolute Gasteiger partial charge is 0.397 e. The molecule has 0 radical (unpaired) electrons.